The second kappa shape index (κ2) is 8.83. The number of hydrogen-bond donors (Lipinski definition) is 1. The van der Waals surface area contributed by atoms with Crippen molar-refractivity contribution < 1.29 is 13.2 Å². The molecule has 8 nitrogen and oxygen atoms in total. The van der Waals surface area contributed by atoms with Crippen LogP contribution in [0.1, 0.15) is 29.4 Å². The zero-order valence-electron chi connectivity index (χ0n) is 17.5. The first-order valence-electron chi connectivity index (χ1n) is 9.42. The SMILES string of the molecule is CCS(=O)(=O)c1nsc(NC(=O)C(C#N)=Cc2cc(C)n(-c3cccc(C)c3)c2C)n1. The Morgan fingerprint density at radius 1 is 1.29 bits per heavy atom. The van der Waals surface area contributed by atoms with Crippen LogP contribution in [0.25, 0.3) is 11.8 Å². The van der Waals surface area contributed by atoms with E-state index < -0.39 is 15.7 Å². The number of sulfone groups is 1. The fourth-order valence-electron chi connectivity index (χ4n) is 3.08. The number of nitrogens with zero attached hydrogens (tertiary/aromatic N) is 4. The standard InChI is InChI=1S/C21H21N5O3S2/c1-5-31(28,29)21-24-20(30-25-21)23-19(27)17(12-22)11-16-10-14(3)26(15(16)4)18-8-6-7-13(2)9-18/h6-11H,5H2,1-4H3,(H,23,24,25,27). The topological polar surface area (TPSA) is 118 Å². The van der Waals surface area contributed by atoms with E-state index in [0.29, 0.717) is 0 Å². The summed E-state index contributed by atoms with van der Waals surface area (Å²) in [6.07, 6.45) is 1.51. The molecule has 1 aromatic carbocycles. The van der Waals surface area contributed by atoms with Crippen molar-refractivity contribution in [2.45, 2.75) is 32.9 Å². The van der Waals surface area contributed by atoms with Crippen LogP contribution in [-0.4, -0.2) is 34.0 Å². The lowest BCUT2D eigenvalue weighted by atomic mass is 10.1. The number of carbonyl (C=O) groups is 1. The molecule has 2 heterocycles. The molecule has 0 spiro atoms. The Kier molecular flexibility index (Phi) is 6.38. The number of aryl methyl sites for hydroxylation is 2. The van der Waals surface area contributed by atoms with Crippen molar-refractivity contribution in [3.8, 4) is 11.8 Å². The molecule has 1 amide bonds. The van der Waals surface area contributed by atoms with E-state index in [1.165, 1.54) is 13.0 Å². The predicted octanol–water partition coefficient (Wildman–Crippen LogP) is 3.59. The van der Waals surface area contributed by atoms with E-state index in [1.807, 2.05) is 51.1 Å². The van der Waals surface area contributed by atoms with Gasteiger partial charge in [0.25, 0.3) is 11.1 Å². The summed E-state index contributed by atoms with van der Waals surface area (Å²) in [6.45, 7) is 7.37. The average Bonchev–Trinajstić information content (AvgIpc) is 3.30. The molecular formula is C21H21N5O3S2. The van der Waals surface area contributed by atoms with Crippen molar-refractivity contribution in [1.82, 2.24) is 13.9 Å². The highest BCUT2D eigenvalue weighted by molar-refractivity contribution is 7.91. The van der Waals surface area contributed by atoms with E-state index in [1.54, 1.807) is 0 Å². The summed E-state index contributed by atoms with van der Waals surface area (Å²) in [4.78, 5) is 16.4. The van der Waals surface area contributed by atoms with Gasteiger partial charge in [0.2, 0.25) is 15.0 Å². The molecular weight excluding hydrogens is 434 g/mol. The summed E-state index contributed by atoms with van der Waals surface area (Å²) < 4.78 is 29.5. The van der Waals surface area contributed by atoms with Crippen molar-refractivity contribution in [2.75, 3.05) is 11.1 Å². The van der Waals surface area contributed by atoms with Crippen molar-refractivity contribution in [3.63, 3.8) is 0 Å². The summed E-state index contributed by atoms with van der Waals surface area (Å²) in [5.41, 5.74) is 4.58. The molecule has 0 saturated heterocycles. The van der Waals surface area contributed by atoms with Gasteiger partial charge in [0.15, 0.2) is 0 Å². The van der Waals surface area contributed by atoms with Gasteiger partial charge in [-0.25, -0.2) is 8.42 Å². The normalized spacial score (nSPS) is 11.9. The van der Waals surface area contributed by atoms with Crippen LogP contribution in [-0.2, 0) is 14.6 Å². The van der Waals surface area contributed by atoms with Crippen LogP contribution < -0.4 is 5.32 Å². The molecule has 10 heteroatoms. The number of hydrogen-bond acceptors (Lipinski definition) is 7. The number of amides is 1. The molecule has 0 fully saturated rings. The van der Waals surface area contributed by atoms with E-state index in [9.17, 15) is 18.5 Å². The van der Waals surface area contributed by atoms with Gasteiger partial charge in [-0.15, -0.1) is 0 Å². The molecule has 1 N–H and O–H groups in total. The van der Waals surface area contributed by atoms with Gasteiger partial charge in [0.05, 0.1) is 5.75 Å². The van der Waals surface area contributed by atoms with E-state index in [4.69, 9.17) is 0 Å². The highest BCUT2D eigenvalue weighted by Crippen LogP contribution is 2.24. The molecule has 3 rings (SSSR count). The highest BCUT2D eigenvalue weighted by Gasteiger charge is 2.20. The molecule has 0 atom stereocenters. The van der Waals surface area contributed by atoms with Crippen LogP contribution in [0.5, 0.6) is 0 Å². The van der Waals surface area contributed by atoms with Crippen LogP contribution in [0.15, 0.2) is 41.1 Å². The van der Waals surface area contributed by atoms with Gasteiger partial charge in [-0.2, -0.15) is 14.6 Å². The molecule has 0 bridgehead atoms. The average molecular weight is 456 g/mol. The summed E-state index contributed by atoms with van der Waals surface area (Å²) in [5, 5.41) is 11.7. The summed E-state index contributed by atoms with van der Waals surface area (Å²) in [6, 6.07) is 11.8. The molecule has 0 saturated carbocycles. The first-order valence-corrected chi connectivity index (χ1v) is 11.8. The third-order valence-electron chi connectivity index (χ3n) is 4.68. The third kappa shape index (κ3) is 4.73. The molecule has 0 unspecified atom stereocenters. The van der Waals surface area contributed by atoms with Gasteiger partial charge in [-0.3, -0.25) is 10.1 Å². The highest BCUT2D eigenvalue weighted by atomic mass is 32.2. The number of carbonyl (C=O) groups excluding carboxylic acids is 1. The van der Waals surface area contributed by atoms with Gasteiger partial charge in [0.1, 0.15) is 11.6 Å². The third-order valence-corrected chi connectivity index (χ3v) is 6.93. The Morgan fingerprint density at radius 2 is 2.03 bits per heavy atom. The Labute approximate surface area is 185 Å². The molecule has 3 aromatic rings. The van der Waals surface area contributed by atoms with E-state index in [2.05, 4.69) is 25.3 Å². The maximum absolute atomic E-state index is 12.6. The van der Waals surface area contributed by atoms with Crippen molar-refractivity contribution in [1.29, 1.82) is 5.26 Å². The number of aromatic nitrogens is 3. The first-order chi connectivity index (χ1) is 14.7. The molecule has 0 aliphatic rings. The fourth-order valence-corrected chi connectivity index (χ4v) is 4.67. The number of rotatable bonds is 6. The Balaban J connectivity index is 1.90. The smallest absolute Gasteiger partial charge is 0.268 e. The molecule has 2 aromatic heterocycles. The summed E-state index contributed by atoms with van der Waals surface area (Å²) in [5.74, 6) is -0.823. The second-order valence-corrected chi connectivity index (χ2v) is 9.83. The Hall–Kier alpha value is -3.29. The maximum Gasteiger partial charge on any atom is 0.268 e. The lowest BCUT2D eigenvalue weighted by Crippen LogP contribution is -2.14. The number of benzene rings is 1. The van der Waals surface area contributed by atoms with Gasteiger partial charge < -0.3 is 4.57 Å². The Bertz CT molecular complexity index is 1330. The minimum Gasteiger partial charge on any atom is -0.318 e. The first kappa shape index (κ1) is 22.4. The van der Waals surface area contributed by atoms with Crippen LogP contribution in [0.4, 0.5) is 5.13 Å². The van der Waals surface area contributed by atoms with Crippen molar-refractivity contribution >= 4 is 38.5 Å². The Morgan fingerprint density at radius 3 is 2.68 bits per heavy atom. The summed E-state index contributed by atoms with van der Waals surface area (Å²) >= 11 is 0.750. The van der Waals surface area contributed by atoms with Gasteiger partial charge in [0, 0.05) is 28.6 Å². The maximum atomic E-state index is 12.6. The van der Waals surface area contributed by atoms with E-state index in [-0.39, 0.29) is 21.6 Å². The lowest BCUT2D eigenvalue weighted by Gasteiger charge is -2.10. The zero-order valence-corrected chi connectivity index (χ0v) is 19.1. The minimum atomic E-state index is -3.57. The van der Waals surface area contributed by atoms with Gasteiger partial charge in [-0.1, -0.05) is 19.1 Å². The fraction of sp³-hybridized carbons (Fsp3) is 0.238. The monoisotopic (exact) mass is 455 g/mol. The quantitative estimate of drug-likeness (QED) is 0.448. The van der Waals surface area contributed by atoms with Crippen molar-refractivity contribution in [2.24, 2.45) is 0 Å². The van der Waals surface area contributed by atoms with Crippen LogP contribution in [0.2, 0.25) is 0 Å². The number of nitriles is 1. The lowest BCUT2D eigenvalue weighted by molar-refractivity contribution is -0.112. The van der Waals surface area contributed by atoms with Crippen molar-refractivity contribution in [3.05, 3.63) is 58.4 Å². The largest absolute Gasteiger partial charge is 0.318 e. The molecule has 0 radical (unpaired) electrons. The van der Waals surface area contributed by atoms with Gasteiger partial charge >= 0.3 is 0 Å². The van der Waals surface area contributed by atoms with Crippen LogP contribution in [0.3, 0.4) is 0 Å². The number of anilines is 1. The minimum absolute atomic E-state index is 0.0170. The molecule has 0 aliphatic carbocycles. The van der Waals surface area contributed by atoms with E-state index >= 15 is 0 Å². The van der Waals surface area contributed by atoms with Gasteiger partial charge in [-0.05, 0) is 56.2 Å². The molecule has 31 heavy (non-hydrogen) atoms. The molecule has 160 valence electrons. The summed E-state index contributed by atoms with van der Waals surface area (Å²) in [7, 11) is -3.57. The second-order valence-electron chi connectivity index (χ2n) is 6.91. The number of nitrogens with one attached hydrogen (secondary N) is 1. The van der Waals surface area contributed by atoms with E-state index in [0.717, 1.165) is 39.7 Å². The predicted molar refractivity (Wildman–Crippen MR) is 120 cm³/mol. The molecule has 0 aliphatic heterocycles. The van der Waals surface area contributed by atoms with Crippen LogP contribution >= 0.6 is 11.5 Å². The van der Waals surface area contributed by atoms with Crippen LogP contribution in [0, 0.1) is 32.1 Å². The zero-order chi connectivity index (χ0) is 22.8.